The summed E-state index contributed by atoms with van der Waals surface area (Å²) in [6.45, 7) is 3.81. The maximum atomic E-state index is 12.5. The maximum Gasteiger partial charge on any atom is 0.411 e. The highest BCUT2D eigenvalue weighted by molar-refractivity contribution is 5.99. The van der Waals surface area contributed by atoms with Gasteiger partial charge in [0.25, 0.3) is 0 Å². The van der Waals surface area contributed by atoms with Crippen LogP contribution >= 0.6 is 0 Å². The summed E-state index contributed by atoms with van der Waals surface area (Å²) in [4.78, 5) is 24.1. The summed E-state index contributed by atoms with van der Waals surface area (Å²) in [5.41, 5.74) is 0.946. The molecule has 0 aliphatic heterocycles. The molecule has 0 radical (unpaired) electrons. The molecule has 6 heteroatoms. The van der Waals surface area contributed by atoms with Crippen LogP contribution in [-0.2, 0) is 9.53 Å². The average Bonchev–Trinajstić information content (AvgIpc) is 3.02. The predicted octanol–water partition coefficient (Wildman–Crippen LogP) is 3.59. The van der Waals surface area contributed by atoms with E-state index in [0.717, 1.165) is 18.4 Å². The van der Waals surface area contributed by atoms with Crippen LogP contribution in [0.25, 0.3) is 0 Å². The Morgan fingerprint density at radius 2 is 1.87 bits per heavy atom. The molecule has 122 valence electrons. The first-order valence-electron chi connectivity index (χ1n) is 7.78. The fraction of sp³-hybridized carbons (Fsp3) is 0.471. The van der Waals surface area contributed by atoms with Crippen LogP contribution in [0.4, 0.5) is 16.2 Å². The first kappa shape index (κ1) is 16.8. The lowest BCUT2D eigenvalue weighted by Crippen LogP contribution is -2.32. The molecular formula is C17H21N3O3. The number of carbonyl (C=O) groups excluding carboxylic acids is 2. The molecule has 2 N–H and O–H groups in total. The van der Waals surface area contributed by atoms with Gasteiger partial charge in [0, 0.05) is 11.4 Å². The van der Waals surface area contributed by atoms with Gasteiger partial charge < -0.3 is 10.1 Å². The van der Waals surface area contributed by atoms with Gasteiger partial charge in [-0.2, -0.15) is 5.26 Å². The van der Waals surface area contributed by atoms with E-state index >= 15 is 0 Å². The highest BCUT2D eigenvalue weighted by Gasteiger charge is 2.41. The van der Waals surface area contributed by atoms with Crippen molar-refractivity contribution in [2.75, 3.05) is 17.2 Å². The Kier molecular flexibility index (Phi) is 5.22. The third-order valence-electron chi connectivity index (χ3n) is 4.20. The van der Waals surface area contributed by atoms with Gasteiger partial charge in [0.1, 0.15) is 5.41 Å². The molecule has 1 aromatic rings. The van der Waals surface area contributed by atoms with Gasteiger partial charge in [-0.25, -0.2) is 4.79 Å². The van der Waals surface area contributed by atoms with Crippen LogP contribution in [0.5, 0.6) is 0 Å². The molecule has 1 fully saturated rings. The molecule has 0 aromatic heterocycles. The van der Waals surface area contributed by atoms with E-state index in [-0.39, 0.29) is 12.5 Å². The molecule has 0 spiro atoms. The lowest BCUT2D eigenvalue weighted by atomic mass is 9.87. The van der Waals surface area contributed by atoms with E-state index in [1.807, 2.05) is 0 Å². The highest BCUT2D eigenvalue weighted by Crippen LogP contribution is 2.39. The van der Waals surface area contributed by atoms with Gasteiger partial charge in [-0.1, -0.05) is 18.9 Å². The van der Waals surface area contributed by atoms with Crippen LogP contribution in [0.3, 0.4) is 0 Å². The fourth-order valence-corrected chi connectivity index (χ4v) is 2.79. The van der Waals surface area contributed by atoms with E-state index in [1.54, 1.807) is 32.0 Å². The standard InChI is InChI=1S/C17H21N3O3/c1-3-23-16(22)20-14-8-6-7-13(12(14)2)19-15(21)17(11-18)9-4-5-10-17/h6-8H,3-5,9-10H2,1-2H3,(H,19,21)(H,20,22). The number of nitriles is 1. The molecule has 6 nitrogen and oxygen atoms in total. The second-order valence-electron chi connectivity index (χ2n) is 5.68. The van der Waals surface area contributed by atoms with Crippen LogP contribution in [0.15, 0.2) is 18.2 Å². The van der Waals surface area contributed by atoms with Crippen molar-refractivity contribution in [3.8, 4) is 6.07 Å². The summed E-state index contributed by atoms with van der Waals surface area (Å²) in [7, 11) is 0. The van der Waals surface area contributed by atoms with Gasteiger partial charge in [0.15, 0.2) is 0 Å². The van der Waals surface area contributed by atoms with Crippen molar-refractivity contribution >= 4 is 23.4 Å². The van der Waals surface area contributed by atoms with Crippen molar-refractivity contribution in [2.24, 2.45) is 5.41 Å². The van der Waals surface area contributed by atoms with E-state index in [1.165, 1.54) is 0 Å². The third kappa shape index (κ3) is 3.62. The lowest BCUT2D eigenvalue weighted by molar-refractivity contribution is -0.122. The number of benzene rings is 1. The molecule has 23 heavy (non-hydrogen) atoms. The predicted molar refractivity (Wildman–Crippen MR) is 87.0 cm³/mol. The van der Waals surface area contributed by atoms with E-state index in [2.05, 4.69) is 16.7 Å². The maximum absolute atomic E-state index is 12.5. The van der Waals surface area contributed by atoms with Crippen molar-refractivity contribution in [2.45, 2.75) is 39.5 Å². The Morgan fingerprint density at radius 3 is 2.43 bits per heavy atom. The number of hydrogen-bond acceptors (Lipinski definition) is 4. The molecule has 1 aromatic carbocycles. The Hall–Kier alpha value is -2.55. The Bertz CT molecular complexity index is 643. The summed E-state index contributed by atoms with van der Waals surface area (Å²) >= 11 is 0. The molecular weight excluding hydrogens is 294 g/mol. The minimum atomic E-state index is -0.934. The van der Waals surface area contributed by atoms with Crippen LogP contribution < -0.4 is 10.6 Å². The zero-order valence-corrected chi connectivity index (χ0v) is 13.4. The molecule has 0 bridgehead atoms. The number of anilines is 2. The topological polar surface area (TPSA) is 91.2 Å². The van der Waals surface area contributed by atoms with Gasteiger partial charge in [-0.3, -0.25) is 10.1 Å². The van der Waals surface area contributed by atoms with E-state index in [9.17, 15) is 14.9 Å². The molecule has 0 heterocycles. The molecule has 2 rings (SSSR count). The molecule has 1 aliphatic carbocycles. The number of nitrogens with zero attached hydrogens (tertiary/aromatic N) is 1. The van der Waals surface area contributed by atoms with Gasteiger partial charge in [-0.15, -0.1) is 0 Å². The zero-order chi connectivity index (χ0) is 16.9. The molecule has 2 amide bonds. The number of nitrogens with one attached hydrogen (secondary N) is 2. The van der Waals surface area contributed by atoms with Gasteiger partial charge in [-0.05, 0) is 44.4 Å². The number of amides is 2. The van der Waals surface area contributed by atoms with Gasteiger partial charge >= 0.3 is 6.09 Å². The van der Waals surface area contributed by atoms with Crippen molar-refractivity contribution in [1.82, 2.24) is 0 Å². The quantitative estimate of drug-likeness (QED) is 0.888. The summed E-state index contributed by atoms with van der Waals surface area (Å²) in [6.07, 6.45) is 2.43. The van der Waals surface area contributed by atoms with Crippen LogP contribution in [0.2, 0.25) is 0 Å². The average molecular weight is 315 g/mol. The molecule has 0 unspecified atom stereocenters. The third-order valence-corrected chi connectivity index (χ3v) is 4.20. The van der Waals surface area contributed by atoms with Gasteiger partial charge in [0.2, 0.25) is 5.91 Å². The minimum Gasteiger partial charge on any atom is -0.450 e. The number of hydrogen-bond donors (Lipinski definition) is 2. The van der Waals surface area contributed by atoms with Crippen molar-refractivity contribution in [3.05, 3.63) is 23.8 Å². The van der Waals surface area contributed by atoms with Crippen LogP contribution in [0.1, 0.15) is 38.2 Å². The van der Waals surface area contributed by atoms with Crippen LogP contribution in [-0.4, -0.2) is 18.6 Å². The van der Waals surface area contributed by atoms with Crippen molar-refractivity contribution < 1.29 is 14.3 Å². The van der Waals surface area contributed by atoms with E-state index < -0.39 is 11.5 Å². The normalized spacial score (nSPS) is 15.5. The summed E-state index contributed by atoms with van der Waals surface area (Å²) < 4.78 is 4.86. The lowest BCUT2D eigenvalue weighted by Gasteiger charge is -2.21. The fourth-order valence-electron chi connectivity index (χ4n) is 2.79. The number of carbonyl (C=O) groups is 2. The highest BCUT2D eigenvalue weighted by atomic mass is 16.5. The number of ether oxygens (including phenoxy) is 1. The summed E-state index contributed by atoms with van der Waals surface area (Å²) in [6, 6.07) is 7.40. The summed E-state index contributed by atoms with van der Waals surface area (Å²) in [5.74, 6) is -0.270. The van der Waals surface area contributed by atoms with E-state index in [4.69, 9.17) is 4.74 Å². The second-order valence-corrected chi connectivity index (χ2v) is 5.68. The Balaban J connectivity index is 2.16. The Morgan fingerprint density at radius 1 is 1.26 bits per heavy atom. The monoisotopic (exact) mass is 315 g/mol. The molecule has 0 saturated heterocycles. The molecule has 1 saturated carbocycles. The Labute approximate surface area is 135 Å². The minimum absolute atomic E-state index is 0.270. The van der Waals surface area contributed by atoms with Crippen molar-refractivity contribution in [1.29, 1.82) is 5.26 Å². The smallest absolute Gasteiger partial charge is 0.411 e. The van der Waals surface area contributed by atoms with Crippen LogP contribution in [0, 0.1) is 23.7 Å². The van der Waals surface area contributed by atoms with Crippen molar-refractivity contribution in [3.63, 3.8) is 0 Å². The number of rotatable bonds is 4. The first-order valence-corrected chi connectivity index (χ1v) is 7.78. The SMILES string of the molecule is CCOC(=O)Nc1cccc(NC(=O)C2(C#N)CCCC2)c1C. The molecule has 1 aliphatic rings. The van der Waals surface area contributed by atoms with E-state index in [0.29, 0.717) is 24.2 Å². The largest absolute Gasteiger partial charge is 0.450 e. The second kappa shape index (κ2) is 7.14. The molecule has 0 atom stereocenters. The first-order chi connectivity index (χ1) is 11.0. The zero-order valence-electron chi connectivity index (χ0n) is 13.4. The van der Waals surface area contributed by atoms with Gasteiger partial charge in [0.05, 0.1) is 12.7 Å². The summed E-state index contributed by atoms with van der Waals surface area (Å²) in [5, 5.41) is 14.9.